The van der Waals surface area contributed by atoms with Gasteiger partial charge < -0.3 is 0 Å². The number of fused-ring (bicyclic) bond motifs is 1. The zero-order chi connectivity index (χ0) is 18.4. The molecule has 0 spiro atoms. The van der Waals surface area contributed by atoms with Gasteiger partial charge in [-0.25, -0.2) is 9.97 Å². The van der Waals surface area contributed by atoms with E-state index >= 15 is 0 Å². The number of hydrogen-bond donors (Lipinski definition) is 0. The monoisotopic (exact) mass is 388 g/mol. The quantitative estimate of drug-likeness (QED) is 0.353. The molecule has 0 N–H and O–H groups in total. The second-order valence-corrected chi connectivity index (χ2v) is 5.52. The van der Waals surface area contributed by atoms with Gasteiger partial charge in [0.05, 0.1) is 16.2 Å². The van der Waals surface area contributed by atoms with Crippen molar-refractivity contribution in [1.82, 2.24) is 15.0 Å². The van der Waals surface area contributed by atoms with Gasteiger partial charge in [0.25, 0.3) is 0 Å². The van der Waals surface area contributed by atoms with E-state index in [1.54, 1.807) is 0 Å². The zero-order valence-corrected chi connectivity index (χ0v) is 13.4. The minimum absolute atomic E-state index is 0.0889. The number of pyridine rings is 3. The molecule has 0 radical (unpaired) electrons. The highest BCUT2D eigenvalue weighted by Crippen LogP contribution is 2.38. The molecule has 0 saturated heterocycles. The van der Waals surface area contributed by atoms with E-state index in [0.717, 1.165) is 12.1 Å². The largest absolute Gasteiger partial charge is 0.418 e. The molecule has 3 rings (SSSR count). The molecule has 25 heavy (non-hydrogen) atoms. The molecule has 0 fully saturated rings. The fourth-order valence-electron chi connectivity index (χ4n) is 2.19. The van der Waals surface area contributed by atoms with Gasteiger partial charge in [-0.2, -0.15) is 13.2 Å². The summed E-state index contributed by atoms with van der Waals surface area (Å²) in [5.41, 5.74) is -2.21. The van der Waals surface area contributed by atoms with E-state index in [4.69, 9.17) is 23.2 Å². The van der Waals surface area contributed by atoms with E-state index in [2.05, 4.69) is 15.0 Å². The molecule has 0 amide bonds. The normalized spacial score (nSPS) is 11.7. The van der Waals surface area contributed by atoms with Crippen LogP contribution in [0.25, 0.3) is 22.4 Å². The van der Waals surface area contributed by atoms with Crippen LogP contribution in [0.4, 0.5) is 18.9 Å². The maximum Gasteiger partial charge on any atom is 0.418 e. The van der Waals surface area contributed by atoms with Gasteiger partial charge in [-0.05, 0) is 24.3 Å². The molecular weight excluding hydrogens is 384 g/mol. The summed E-state index contributed by atoms with van der Waals surface area (Å²) < 4.78 is 39.4. The highest BCUT2D eigenvalue weighted by atomic mass is 35.5. The Morgan fingerprint density at radius 1 is 1.12 bits per heavy atom. The Morgan fingerprint density at radius 3 is 2.48 bits per heavy atom. The highest BCUT2D eigenvalue weighted by molar-refractivity contribution is 6.41. The molecule has 3 heterocycles. The van der Waals surface area contributed by atoms with E-state index in [1.165, 1.54) is 18.3 Å². The third-order valence-electron chi connectivity index (χ3n) is 3.26. The first kappa shape index (κ1) is 17.3. The third kappa shape index (κ3) is 3.08. The van der Waals surface area contributed by atoms with Gasteiger partial charge >= 0.3 is 11.9 Å². The first-order valence-electron chi connectivity index (χ1n) is 6.53. The Labute approximate surface area is 147 Å². The van der Waals surface area contributed by atoms with Crippen molar-refractivity contribution in [2.75, 3.05) is 0 Å². The highest BCUT2D eigenvalue weighted by Gasteiger charge is 2.34. The van der Waals surface area contributed by atoms with Gasteiger partial charge in [-0.1, -0.05) is 23.2 Å². The van der Waals surface area contributed by atoms with Crippen LogP contribution in [0.15, 0.2) is 30.5 Å². The average Bonchev–Trinajstić information content (AvgIpc) is 2.53. The minimum Gasteiger partial charge on any atom is -0.258 e. The van der Waals surface area contributed by atoms with Crippen LogP contribution in [0.2, 0.25) is 10.2 Å². The summed E-state index contributed by atoms with van der Waals surface area (Å²) in [5, 5.41) is 10.3. The van der Waals surface area contributed by atoms with Crippen molar-refractivity contribution in [3.63, 3.8) is 0 Å². The van der Waals surface area contributed by atoms with E-state index in [1.807, 2.05) is 0 Å². The van der Waals surface area contributed by atoms with Crippen molar-refractivity contribution in [3.05, 3.63) is 56.3 Å². The summed E-state index contributed by atoms with van der Waals surface area (Å²) in [6.07, 6.45) is -3.43. The van der Waals surface area contributed by atoms with Crippen LogP contribution in [0, 0.1) is 10.1 Å². The smallest absolute Gasteiger partial charge is 0.258 e. The first-order chi connectivity index (χ1) is 11.7. The summed E-state index contributed by atoms with van der Waals surface area (Å²) in [4.78, 5) is 21.6. The minimum atomic E-state index is -4.63. The molecule has 3 aromatic heterocycles. The van der Waals surface area contributed by atoms with Crippen LogP contribution in [-0.4, -0.2) is 19.9 Å². The topological polar surface area (TPSA) is 81.8 Å². The Hall–Kier alpha value is -2.52. The van der Waals surface area contributed by atoms with Crippen LogP contribution < -0.4 is 0 Å². The zero-order valence-electron chi connectivity index (χ0n) is 11.9. The van der Waals surface area contributed by atoms with E-state index in [9.17, 15) is 23.3 Å². The van der Waals surface area contributed by atoms with Crippen LogP contribution in [0.1, 0.15) is 5.56 Å². The molecule has 0 aliphatic carbocycles. The first-order valence-corrected chi connectivity index (χ1v) is 7.28. The Balaban J connectivity index is 2.25. The number of hydrogen-bond acceptors (Lipinski definition) is 5. The molecule has 0 aromatic carbocycles. The number of rotatable bonds is 2. The average molecular weight is 389 g/mol. The number of nitrogens with zero attached hydrogens (tertiary/aromatic N) is 4. The van der Waals surface area contributed by atoms with Gasteiger partial charge in [-0.3, -0.25) is 15.1 Å². The molecule has 128 valence electrons. The second kappa shape index (κ2) is 6.08. The van der Waals surface area contributed by atoms with Gasteiger partial charge in [0.15, 0.2) is 5.65 Å². The SMILES string of the molecule is O=[N+]([O-])c1c(Cl)nc2nc(-c3ncccc3C(F)(F)F)ccc2c1Cl. The number of nitro groups is 1. The molecule has 3 aromatic rings. The maximum atomic E-state index is 13.1. The fraction of sp³-hybridized carbons (Fsp3) is 0.0714. The van der Waals surface area contributed by atoms with Crippen LogP contribution in [-0.2, 0) is 6.18 Å². The Morgan fingerprint density at radius 2 is 1.84 bits per heavy atom. The van der Waals surface area contributed by atoms with E-state index < -0.39 is 33.2 Å². The Kier molecular flexibility index (Phi) is 4.21. The molecule has 0 atom stereocenters. The van der Waals surface area contributed by atoms with Gasteiger partial charge in [-0.15, -0.1) is 0 Å². The molecule has 0 aliphatic rings. The molecule has 0 bridgehead atoms. The van der Waals surface area contributed by atoms with Gasteiger partial charge in [0.1, 0.15) is 10.7 Å². The van der Waals surface area contributed by atoms with Crippen molar-refractivity contribution in [1.29, 1.82) is 0 Å². The van der Waals surface area contributed by atoms with Gasteiger partial charge in [0, 0.05) is 11.6 Å². The molecule has 0 saturated carbocycles. The summed E-state index contributed by atoms with van der Waals surface area (Å²) >= 11 is 11.7. The van der Waals surface area contributed by atoms with E-state index in [-0.39, 0.29) is 21.7 Å². The Bertz CT molecular complexity index is 1010. The second-order valence-electron chi connectivity index (χ2n) is 4.79. The predicted octanol–water partition coefficient (Wildman–Crippen LogP) is 4.93. The number of halogens is 5. The predicted molar refractivity (Wildman–Crippen MR) is 84.4 cm³/mol. The lowest BCUT2D eigenvalue weighted by molar-refractivity contribution is -0.384. The summed E-state index contributed by atoms with van der Waals surface area (Å²) in [7, 11) is 0. The molecule has 6 nitrogen and oxygen atoms in total. The van der Waals surface area contributed by atoms with Crippen LogP contribution >= 0.6 is 23.2 Å². The van der Waals surface area contributed by atoms with Crippen molar-refractivity contribution in [2.24, 2.45) is 0 Å². The number of aromatic nitrogens is 3. The molecular formula is C14H5Cl2F3N4O2. The fourth-order valence-corrected chi connectivity index (χ4v) is 2.79. The third-order valence-corrected chi connectivity index (χ3v) is 3.90. The van der Waals surface area contributed by atoms with Crippen molar-refractivity contribution in [3.8, 4) is 11.4 Å². The molecule has 11 heteroatoms. The van der Waals surface area contributed by atoms with Crippen LogP contribution in [0.5, 0.6) is 0 Å². The molecule has 0 unspecified atom stereocenters. The summed E-state index contributed by atoms with van der Waals surface area (Å²) in [6.45, 7) is 0. The lowest BCUT2D eigenvalue weighted by atomic mass is 10.1. The van der Waals surface area contributed by atoms with Crippen LogP contribution in [0.3, 0.4) is 0 Å². The lowest BCUT2D eigenvalue weighted by Gasteiger charge is -2.11. The van der Waals surface area contributed by atoms with Gasteiger partial charge in [0.2, 0.25) is 5.15 Å². The van der Waals surface area contributed by atoms with Crippen molar-refractivity contribution >= 4 is 39.9 Å². The summed E-state index contributed by atoms with van der Waals surface area (Å²) in [5.74, 6) is 0. The van der Waals surface area contributed by atoms with E-state index in [0.29, 0.717) is 0 Å². The maximum absolute atomic E-state index is 13.1. The number of alkyl halides is 3. The summed E-state index contributed by atoms with van der Waals surface area (Å²) in [6, 6.07) is 4.54. The van der Waals surface area contributed by atoms with Crippen molar-refractivity contribution in [2.45, 2.75) is 6.18 Å². The standard InChI is InChI=1S/C14H5Cl2F3N4O2/c15-9-6-3-4-8(10-7(14(17,18)19)2-1-5-20-10)21-13(6)22-12(16)11(9)23(24)25/h1-5H. The van der Waals surface area contributed by atoms with Crippen molar-refractivity contribution < 1.29 is 18.1 Å². The lowest BCUT2D eigenvalue weighted by Crippen LogP contribution is -2.08. The molecule has 0 aliphatic heterocycles.